The van der Waals surface area contributed by atoms with E-state index in [2.05, 4.69) is 38.2 Å². The van der Waals surface area contributed by atoms with Crippen LogP contribution in [-0.4, -0.2) is 24.4 Å². The van der Waals surface area contributed by atoms with Crippen LogP contribution in [0.1, 0.15) is 40.2 Å². The van der Waals surface area contributed by atoms with Gasteiger partial charge in [-0.3, -0.25) is 0 Å². The van der Waals surface area contributed by atoms with Crippen LogP contribution in [-0.2, 0) is 5.41 Å². The Morgan fingerprint density at radius 2 is 1.78 bits per heavy atom. The van der Waals surface area contributed by atoms with Gasteiger partial charge in [-0.05, 0) is 37.0 Å². The van der Waals surface area contributed by atoms with Gasteiger partial charge < -0.3 is 15.2 Å². The fourth-order valence-corrected chi connectivity index (χ4v) is 1.68. The Kier molecular flexibility index (Phi) is 4.28. The van der Waals surface area contributed by atoms with Crippen LogP contribution in [0.2, 0.25) is 0 Å². The highest BCUT2D eigenvalue weighted by atomic mass is 16.5. The second kappa shape index (κ2) is 5.19. The first-order chi connectivity index (χ1) is 8.19. The van der Waals surface area contributed by atoms with Crippen LogP contribution in [0, 0.1) is 0 Å². The van der Waals surface area contributed by atoms with Crippen LogP contribution in [0.4, 0.5) is 5.69 Å². The number of aliphatic hydroxyl groups excluding tert-OH is 1. The Bertz CT molecular complexity index is 405. The molecule has 0 radical (unpaired) electrons. The van der Waals surface area contributed by atoms with E-state index in [4.69, 9.17) is 4.74 Å². The number of hydrogen-bond acceptors (Lipinski definition) is 3. The molecule has 3 heteroatoms. The minimum Gasteiger partial charge on any atom is -0.495 e. The summed E-state index contributed by atoms with van der Waals surface area (Å²) in [5, 5.41) is 12.7. The molecule has 0 aliphatic carbocycles. The summed E-state index contributed by atoms with van der Waals surface area (Å²) in [6.45, 7) is 10.5. The summed E-state index contributed by atoms with van der Waals surface area (Å²) in [4.78, 5) is 0. The molecule has 0 bridgehead atoms. The summed E-state index contributed by atoms with van der Waals surface area (Å²) in [6, 6.07) is 6.14. The minimum absolute atomic E-state index is 0.0654. The molecule has 0 saturated carbocycles. The number of ether oxygens (including phenoxy) is 1. The van der Waals surface area contributed by atoms with Gasteiger partial charge in [0.1, 0.15) is 5.75 Å². The van der Waals surface area contributed by atoms with Gasteiger partial charge in [-0.2, -0.15) is 0 Å². The van der Waals surface area contributed by atoms with E-state index in [0.717, 1.165) is 11.4 Å². The van der Waals surface area contributed by atoms with Crippen molar-refractivity contribution in [2.45, 2.75) is 45.6 Å². The standard InChI is InChI=1S/C15H25NO2/c1-14(2,3)11-7-8-13(18-6)12(9-11)16-15(4,5)10-17/h7-9,16-17H,10H2,1-6H3. The number of anilines is 1. The predicted octanol–water partition coefficient (Wildman–Crippen LogP) is 3.18. The summed E-state index contributed by atoms with van der Waals surface area (Å²) < 4.78 is 5.36. The lowest BCUT2D eigenvalue weighted by Gasteiger charge is -2.28. The molecule has 0 fully saturated rings. The van der Waals surface area contributed by atoms with Crippen LogP contribution in [0.5, 0.6) is 5.75 Å². The van der Waals surface area contributed by atoms with Crippen LogP contribution in [0.3, 0.4) is 0 Å². The quantitative estimate of drug-likeness (QED) is 0.863. The molecule has 0 saturated heterocycles. The molecule has 0 unspecified atom stereocenters. The zero-order valence-corrected chi connectivity index (χ0v) is 12.3. The van der Waals surface area contributed by atoms with E-state index in [1.807, 2.05) is 19.9 Å². The molecule has 0 spiro atoms. The third-order valence-corrected chi connectivity index (χ3v) is 2.93. The van der Waals surface area contributed by atoms with Crippen molar-refractivity contribution in [3.63, 3.8) is 0 Å². The Balaban J connectivity index is 3.15. The van der Waals surface area contributed by atoms with Gasteiger partial charge in [0.2, 0.25) is 0 Å². The van der Waals surface area contributed by atoms with Crippen LogP contribution in [0.15, 0.2) is 18.2 Å². The number of hydrogen-bond donors (Lipinski definition) is 2. The van der Waals surface area contributed by atoms with E-state index in [1.54, 1.807) is 7.11 Å². The smallest absolute Gasteiger partial charge is 0.141 e. The zero-order chi connectivity index (χ0) is 14.0. The van der Waals surface area contributed by atoms with Crippen molar-refractivity contribution >= 4 is 5.69 Å². The maximum atomic E-state index is 9.34. The highest BCUT2D eigenvalue weighted by Gasteiger charge is 2.20. The molecule has 2 N–H and O–H groups in total. The maximum Gasteiger partial charge on any atom is 0.141 e. The molecule has 0 amide bonds. The molecule has 102 valence electrons. The predicted molar refractivity (Wildman–Crippen MR) is 76.5 cm³/mol. The largest absolute Gasteiger partial charge is 0.495 e. The number of nitrogens with one attached hydrogen (secondary N) is 1. The number of aliphatic hydroxyl groups is 1. The third kappa shape index (κ3) is 3.64. The SMILES string of the molecule is COc1ccc(C(C)(C)C)cc1NC(C)(C)CO. The Morgan fingerprint density at radius 3 is 2.22 bits per heavy atom. The molecule has 0 heterocycles. The van der Waals surface area contributed by atoms with E-state index in [9.17, 15) is 5.11 Å². The first-order valence-corrected chi connectivity index (χ1v) is 6.27. The molecule has 1 rings (SSSR count). The summed E-state index contributed by atoms with van der Waals surface area (Å²) in [6.07, 6.45) is 0. The molecular weight excluding hydrogens is 226 g/mol. The van der Waals surface area contributed by atoms with Crippen molar-refractivity contribution in [3.8, 4) is 5.75 Å². The molecule has 18 heavy (non-hydrogen) atoms. The summed E-state index contributed by atoms with van der Waals surface area (Å²) in [5.41, 5.74) is 1.87. The van der Waals surface area contributed by atoms with Gasteiger partial charge in [-0.25, -0.2) is 0 Å². The number of methoxy groups -OCH3 is 1. The first-order valence-electron chi connectivity index (χ1n) is 6.27. The average Bonchev–Trinajstić information content (AvgIpc) is 2.27. The van der Waals surface area contributed by atoms with Crippen molar-refractivity contribution in [2.24, 2.45) is 0 Å². The van der Waals surface area contributed by atoms with Crippen molar-refractivity contribution < 1.29 is 9.84 Å². The second-order valence-electron chi connectivity index (χ2n) is 6.33. The maximum absolute atomic E-state index is 9.34. The van der Waals surface area contributed by atoms with E-state index in [0.29, 0.717) is 0 Å². The van der Waals surface area contributed by atoms with Crippen LogP contribution in [0.25, 0.3) is 0 Å². The summed E-state index contributed by atoms with van der Waals surface area (Å²) in [7, 11) is 1.66. The number of rotatable bonds is 4. The molecule has 1 aromatic carbocycles. The molecule has 1 aromatic rings. The highest BCUT2D eigenvalue weighted by molar-refractivity contribution is 5.60. The van der Waals surface area contributed by atoms with E-state index in [-0.39, 0.29) is 17.6 Å². The topological polar surface area (TPSA) is 41.5 Å². The lowest BCUT2D eigenvalue weighted by atomic mass is 9.86. The van der Waals surface area contributed by atoms with Crippen molar-refractivity contribution in [2.75, 3.05) is 19.0 Å². The van der Waals surface area contributed by atoms with Gasteiger partial charge in [0.05, 0.1) is 24.9 Å². The number of benzene rings is 1. The van der Waals surface area contributed by atoms with E-state index < -0.39 is 0 Å². The van der Waals surface area contributed by atoms with Crippen LogP contribution >= 0.6 is 0 Å². The van der Waals surface area contributed by atoms with Gasteiger partial charge in [-0.15, -0.1) is 0 Å². The average molecular weight is 251 g/mol. The van der Waals surface area contributed by atoms with Gasteiger partial charge >= 0.3 is 0 Å². The first kappa shape index (κ1) is 14.8. The van der Waals surface area contributed by atoms with Gasteiger partial charge in [0.25, 0.3) is 0 Å². The van der Waals surface area contributed by atoms with Gasteiger partial charge in [-0.1, -0.05) is 26.8 Å². The van der Waals surface area contributed by atoms with Crippen molar-refractivity contribution in [1.29, 1.82) is 0 Å². The monoisotopic (exact) mass is 251 g/mol. The lowest BCUT2D eigenvalue weighted by molar-refractivity contribution is 0.234. The molecule has 3 nitrogen and oxygen atoms in total. The normalized spacial score (nSPS) is 12.4. The molecule has 0 aliphatic heterocycles. The van der Waals surface area contributed by atoms with Gasteiger partial charge in [0, 0.05) is 0 Å². The summed E-state index contributed by atoms with van der Waals surface area (Å²) >= 11 is 0. The fourth-order valence-electron chi connectivity index (χ4n) is 1.68. The minimum atomic E-state index is -0.371. The van der Waals surface area contributed by atoms with Crippen molar-refractivity contribution in [1.82, 2.24) is 0 Å². The molecular formula is C15H25NO2. The zero-order valence-electron chi connectivity index (χ0n) is 12.3. The Hall–Kier alpha value is -1.22. The molecule has 0 aliphatic rings. The van der Waals surface area contributed by atoms with E-state index >= 15 is 0 Å². The second-order valence-corrected chi connectivity index (χ2v) is 6.33. The van der Waals surface area contributed by atoms with Gasteiger partial charge in [0.15, 0.2) is 0 Å². The Labute approximate surface area is 110 Å². The lowest BCUT2D eigenvalue weighted by Crippen LogP contribution is -2.35. The van der Waals surface area contributed by atoms with Crippen LogP contribution < -0.4 is 10.1 Å². The molecule has 0 atom stereocenters. The fraction of sp³-hybridized carbons (Fsp3) is 0.600. The Morgan fingerprint density at radius 1 is 1.17 bits per heavy atom. The highest BCUT2D eigenvalue weighted by Crippen LogP contribution is 2.32. The molecule has 0 aromatic heterocycles. The summed E-state index contributed by atoms with van der Waals surface area (Å²) in [5.74, 6) is 0.796. The van der Waals surface area contributed by atoms with Crippen molar-refractivity contribution in [3.05, 3.63) is 23.8 Å². The van der Waals surface area contributed by atoms with E-state index in [1.165, 1.54) is 5.56 Å². The third-order valence-electron chi connectivity index (χ3n) is 2.93.